The Morgan fingerprint density at radius 2 is 2.08 bits per heavy atom. The Kier molecular flexibility index (Phi) is 4.62. The summed E-state index contributed by atoms with van der Waals surface area (Å²) in [6.45, 7) is 6.35. The first-order valence-corrected chi connectivity index (χ1v) is 8.04. The lowest BCUT2D eigenvalue weighted by molar-refractivity contribution is 0.221. The van der Waals surface area contributed by atoms with Gasteiger partial charge in [-0.25, -0.2) is 0 Å². The van der Waals surface area contributed by atoms with Gasteiger partial charge in [-0.1, -0.05) is 47.2 Å². The molecule has 1 aromatic heterocycles. The molecule has 2 aromatic carbocycles. The molecular weight excluding hydrogens is 302 g/mol. The predicted octanol–water partition coefficient (Wildman–Crippen LogP) is 3.68. The smallest absolute Gasteiger partial charge is 0.211 e. The number of benzene rings is 2. The van der Waals surface area contributed by atoms with Crippen molar-refractivity contribution in [3.05, 3.63) is 65.2 Å². The zero-order valence-electron chi connectivity index (χ0n) is 14.1. The van der Waals surface area contributed by atoms with Gasteiger partial charge in [0.05, 0.1) is 6.61 Å². The van der Waals surface area contributed by atoms with Crippen molar-refractivity contribution in [3.63, 3.8) is 0 Å². The summed E-state index contributed by atoms with van der Waals surface area (Å²) in [4.78, 5) is 0. The second kappa shape index (κ2) is 6.84. The van der Waals surface area contributed by atoms with E-state index in [1.54, 1.807) is 4.68 Å². The van der Waals surface area contributed by atoms with E-state index in [4.69, 9.17) is 4.74 Å². The average Bonchev–Trinajstić information content (AvgIpc) is 3.03. The summed E-state index contributed by atoms with van der Waals surface area (Å²) >= 11 is 0. The van der Waals surface area contributed by atoms with Gasteiger partial charge in [0.1, 0.15) is 17.1 Å². The number of aliphatic hydroxyl groups is 1. The third-order valence-electron chi connectivity index (χ3n) is 3.90. The second-order valence-electron chi connectivity index (χ2n) is 5.59. The third-order valence-corrected chi connectivity index (χ3v) is 3.90. The van der Waals surface area contributed by atoms with Crippen LogP contribution in [0.15, 0.2) is 48.5 Å². The minimum absolute atomic E-state index is 0.531. The fourth-order valence-electron chi connectivity index (χ4n) is 2.81. The standard InChI is InChI=1S/C19H21N3O2/c1-4-17(24-5-2)22-18-15(10-7-11-16(18)20-21-22)19(23)14-9-6-8-13(3)12-14/h4,6-12,19,23H,5H2,1-3H3/b17-4-. The summed E-state index contributed by atoms with van der Waals surface area (Å²) in [7, 11) is 0. The van der Waals surface area contributed by atoms with Crippen LogP contribution in [0, 0.1) is 6.92 Å². The Bertz CT molecular complexity index is 883. The van der Waals surface area contributed by atoms with Crippen LogP contribution in [-0.2, 0) is 4.74 Å². The van der Waals surface area contributed by atoms with Gasteiger partial charge in [0.2, 0.25) is 5.88 Å². The minimum Gasteiger partial charge on any atom is -0.478 e. The number of para-hydroxylation sites is 1. The number of ether oxygens (including phenoxy) is 1. The summed E-state index contributed by atoms with van der Waals surface area (Å²) in [6.07, 6.45) is 1.08. The number of nitrogens with zero attached hydrogens (tertiary/aromatic N) is 3. The van der Waals surface area contributed by atoms with Crippen molar-refractivity contribution in [2.24, 2.45) is 0 Å². The molecule has 3 aromatic rings. The number of rotatable bonds is 5. The summed E-state index contributed by atoms with van der Waals surface area (Å²) in [6, 6.07) is 13.5. The van der Waals surface area contributed by atoms with E-state index in [0.29, 0.717) is 12.5 Å². The fourth-order valence-corrected chi connectivity index (χ4v) is 2.81. The molecule has 0 fully saturated rings. The lowest BCUT2D eigenvalue weighted by Crippen LogP contribution is -2.07. The van der Waals surface area contributed by atoms with E-state index in [9.17, 15) is 5.11 Å². The zero-order valence-corrected chi connectivity index (χ0v) is 14.1. The molecule has 124 valence electrons. The van der Waals surface area contributed by atoms with E-state index in [1.165, 1.54) is 0 Å². The minimum atomic E-state index is -0.759. The number of allylic oxidation sites excluding steroid dienone is 1. The monoisotopic (exact) mass is 323 g/mol. The highest BCUT2D eigenvalue weighted by Gasteiger charge is 2.19. The Balaban J connectivity index is 2.16. The number of fused-ring (bicyclic) bond motifs is 1. The Labute approximate surface area is 141 Å². The van der Waals surface area contributed by atoms with Crippen LogP contribution in [0.4, 0.5) is 0 Å². The number of hydrogen-bond donors (Lipinski definition) is 1. The number of aliphatic hydroxyl groups excluding tert-OH is 1. The van der Waals surface area contributed by atoms with Crippen molar-refractivity contribution in [1.29, 1.82) is 0 Å². The Hall–Kier alpha value is -2.66. The van der Waals surface area contributed by atoms with Gasteiger partial charge in [-0.15, -0.1) is 5.10 Å². The molecule has 0 saturated heterocycles. The first-order chi connectivity index (χ1) is 11.7. The molecule has 0 aliphatic carbocycles. The van der Waals surface area contributed by atoms with E-state index >= 15 is 0 Å². The van der Waals surface area contributed by atoms with Crippen molar-refractivity contribution in [1.82, 2.24) is 15.0 Å². The normalized spacial score (nSPS) is 13.2. The molecule has 1 atom stereocenters. The Morgan fingerprint density at radius 3 is 2.79 bits per heavy atom. The molecule has 0 amide bonds. The Morgan fingerprint density at radius 1 is 1.29 bits per heavy atom. The van der Waals surface area contributed by atoms with Gasteiger partial charge in [-0.2, -0.15) is 4.68 Å². The van der Waals surface area contributed by atoms with Gasteiger partial charge in [-0.05, 0) is 38.5 Å². The lowest BCUT2D eigenvalue weighted by Gasteiger charge is -2.15. The molecule has 1 unspecified atom stereocenters. The molecule has 0 aliphatic rings. The summed E-state index contributed by atoms with van der Waals surface area (Å²) < 4.78 is 7.29. The first kappa shape index (κ1) is 16.2. The predicted molar refractivity (Wildman–Crippen MR) is 94.3 cm³/mol. The van der Waals surface area contributed by atoms with Crippen LogP contribution in [-0.4, -0.2) is 26.7 Å². The van der Waals surface area contributed by atoms with E-state index in [2.05, 4.69) is 10.3 Å². The third kappa shape index (κ3) is 2.90. The van der Waals surface area contributed by atoms with Crippen molar-refractivity contribution < 1.29 is 9.84 Å². The molecule has 1 N–H and O–H groups in total. The summed E-state index contributed by atoms with van der Waals surface area (Å²) in [5.41, 5.74) is 4.18. The quantitative estimate of drug-likeness (QED) is 0.728. The molecule has 3 rings (SSSR count). The van der Waals surface area contributed by atoms with Gasteiger partial charge in [0.15, 0.2) is 0 Å². The highest BCUT2D eigenvalue weighted by molar-refractivity contribution is 5.81. The maximum absolute atomic E-state index is 10.9. The van der Waals surface area contributed by atoms with Gasteiger partial charge in [0, 0.05) is 5.56 Å². The first-order valence-electron chi connectivity index (χ1n) is 8.04. The van der Waals surface area contributed by atoms with Gasteiger partial charge in [0.25, 0.3) is 0 Å². The molecule has 24 heavy (non-hydrogen) atoms. The maximum atomic E-state index is 10.9. The van der Waals surface area contributed by atoms with E-state index < -0.39 is 6.10 Å². The molecule has 0 saturated carbocycles. The number of aryl methyl sites for hydroxylation is 1. The number of aromatic nitrogens is 3. The van der Waals surface area contributed by atoms with Gasteiger partial charge < -0.3 is 9.84 Å². The van der Waals surface area contributed by atoms with E-state index in [0.717, 1.165) is 27.7 Å². The summed E-state index contributed by atoms with van der Waals surface area (Å²) in [5.74, 6) is 0.601. The second-order valence-corrected chi connectivity index (χ2v) is 5.59. The van der Waals surface area contributed by atoms with Gasteiger partial charge >= 0.3 is 0 Å². The molecule has 5 nitrogen and oxygen atoms in total. The van der Waals surface area contributed by atoms with Crippen LogP contribution in [0.25, 0.3) is 16.9 Å². The van der Waals surface area contributed by atoms with Gasteiger partial charge in [-0.3, -0.25) is 0 Å². The molecule has 0 bridgehead atoms. The highest BCUT2D eigenvalue weighted by atomic mass is 16.5. The van der Waals surface area contributed by atoms with Crippen LogP contribution in [0.2, 0.25) is 0 Å². The summed E-state index contributed by atoms with van der Waals surface area (Å²) in [5, 5.41) is 19.3. The van der Waals surface area contributed by atoms with Crippen LogP contribution >= 0.6 is 0 Å². The van der Waals surface area contributed by atoms with Crippen molar-refractivity contribution in [3.8, 4) is 0 Å². The topological polar surface area (TPSA) is 60.2 Å². The molecule has 5 heteroatoms. The van der Waals surface area contributed by atoms with Crippen molar-refractivity contribution in [2.75, 3.05) is 6.61 Å². The SMILES string of the molecule is C/C=C(\OCC)n1nnc2cccc(C(O)c3cccc(C)c3)c21. The van der Waals surface area contributed by atoms with Crippen LogP contribution < -0.4 is 0 Å². The molecule has 0 radical (unpaired) electrons. The van der Waals surface area contributed by atoms with Crippen molar-refractivity contribution >= 4 is 16.9 Å². The zero-order chi connectivity index (χ0) is 17.1. The van der Waals surface area contributed by atoms with Crippen molar-refractivity contribution in [2.45, 2.75) is 26.9 Å². The fraction of sp³-hybridized carbons (Fsp3) is 0.263. The highest BCUT2D eigenvalue weighted by Crippen LogP contribution is 2.29. The average molecular weight is 323 g/mol. The number of hydrogen-bond acceptors (Lipinski definition) is 4. The van der Waals surface area contributed by atoms with Crippen LogP contribution in [0.3, 0.4) is 0 Å². The van der Waals surface area contributed by atoms with Crippen LogP contribution in [0.1, 0.15) is 36.6 Å². The molecular formula is C19H21N3O2. The van der Waals surface area contributed by atoms with E-state index in [-0.39, 0.29) is 0 Å². The molecule has 1 heterocycles. The van der Waals surface area contributed by atoms with E-state index in [1.807, 2.05) is 69.3 Å². The maximum Gasteiger partial charge on any atom is 0.211 e. The molecule has 0 aliphatic heterocycles. The molecule has 0 spiro atoms. The van der Waals surface area contributed by atoms with Crippen LogP contribution in [0.5, 0.6) is 0 Å². The lowest BCUT2D eigenvalue weighted by atomic mass is 9.99. The largest absolute Gasteiger partial charge is 0.478 e.